The molecule has 1 aliphatic carbocycles. The number of likely N-dealkylation sites (N-methyl/N-ethyl adjacent to an activating group) is 1. The molecule has 0 saturated carbocycles. The predicted octanol–water partition coefficient (Wildman–Crippen LogP) is 3.22. The maximum atomic E-state index is 12.5. The molecule has 3 aromatic rings. The summed E-state index contributed by atoms with van der Waals surface area (Å²) < 4.78 is 1.72. The van der Waals surface area contributed by atoms with Crippen LogP contribution in [0.1, 0.15) is 22.3 Å². The van der Waals surface area contributed by atoms with Crippen molar-refractivity contribution in [2.45, 2.75) is 24.9 Å². The Morgan fingerprint density at radius 2 is 1.80 bits per heavy atom. The van der Waals surface area contributed by atoms with Gasteiger partial charge in [0.2, 0.25) is 5.91 Å². The van der Waals surface area contributed by atoms with Crippen LogP contribution in [0.5, 0.6) is 0 Å². The topological polar surface area (TPSA) is 50.2 Å². The number of nitrogens with zero attached hydrogens (tertiary/aromatic N) is 3. The number of fused-ring (bicyclic) bond motifs is 1. The summed E-state index contributed by atoms with van der Waals surface area (Å²) in [5.74, 6) is -0.0812. The number of benzene rings is 2. The molecule has 30 heavy (non-hydrogen) atoms. The summed E-state index contributed by atoms with van der Waals surface area (Å²) in [6.07, 6.45) is 8.87. The third-order valence-corrected chi connectivity index (χ3v) is 5.97. The van der Waals surface area contributed by atoms with E-state index in [1.165, 1.54) is 16.7 Å². The van der Waals surface area contributed by atoms with Gasteiger partial charge in [-0.2, -0.15) is 5.10 Å². The highest BCUT2D eigenvalue weighted by atomic mass is 16.1. The van der Waals surface area contributed by atoms with Crippen molar-refractivity contribution in [3.8, 4) is 0 Å². The van der Waals surface area contributed by atoms with E-state index in [9.17, 15) is 4.79 Å². The van der Waals surface area contributed by atoms with Crippen molar-refractivity contribution in [1.29, 1.82) is 0 Å². The highest BCUT2D eigenvalue weighted by Crippen LogP contribution is 2.34. The standard InChI is InChI=1S/C25H28N4O/c1-28(17-20-8-4-3-5-9-20)25(14-22-10-6-7-11-23(22)15-25)19-26-24(30)13-12-21-16-27-29(2)18-21/h3-13,16,18H,14-15,17,19H2,1-2H3,(H,26,30). The fourth-order valence-corrected chi connectivity index (χ4v) is 4.24. The summed E-state index contributed by atoms with van der Waals surface area (Å²) in [5, 5.41) is 7.28. The van der Waals surface area contributed by atoms with Crippen molar-refractivity contribution in [2.75, 3.05) is 13.6 Å². The first-order chi connectivity index (χ1) is 14.5. The number of aromatic nitrogens is 2. The second kappa shape index (κ2) is 8.67. The summed E-state index contributed by atoms with van der Waals surface area (Å²) in [4.78, 5) is 14.9. The van der Waals surface area contributed by atoms with Gasteiger partial charge in [0.25, 0.3) is 0 Å². The van der Waals surface area contributed by atoms with E-state index in [4.69, 9.17) is 0 Å². The Morgan fingerprint density at radius 1 is 1.13 bits per heavy atom. The Balaban J connectivity index is 1.48. The smallest absolute Gasteiger partial charge is 0.244 e. The number of amides is 1. The number of carbonyl (C=O) groups excluding carboxylic acids is 1. The summed E-state index contributed by atoms with van der Waals surface area (Å²) in [7, 11) is 4.03. The zero-order valence-corrected chi connectivity index (χ0v) is 17.6. The van der Waals surface area contributed by atoms with Crippen molar-refractivity contribution in [2.24, 2.45) is 7.05 Å². The van der Waals surface area contributed by atoms with Gasteiger partial charge in [0.1, 0.15) is 0 Å². The average molecular weight is 401 g/mol. The van der Waals surface area contributed by atoms with Crippen LogP contribution in [-0.4, -0.2) is 39.7 Å². The largest absolute Gasteiger partial charge is 0.351 e. The van der Waals surface area contributed by atoms with Crippen molar-refractivity contribution in [3.05, 3.63) is 95.3 Å². The van der Waals surface area contributed by atoms with Crippen molar-refractivity contribution >= 4 is 12.0 Å². The van der Waals surface area contributed by atoms with E-state index >= 15 is 0 Å². The molecule has 0 radical (unpaired) electrons. The lowest BCUT2D eigenvalue weighted by Gasteiger charge is -2.39. The highest BCUT2D eigenvalue weighted by molar-refractivity contribution is 5.91. The van der Waals surface area contributed by atoms with Gasteiger partial charge in [-0.1, -0.05) is 54.6 Å². The number of aryl methyl sites for hydroxylation is 1. The third kappa shape index (κ3) is 4.52. The van der Waals surface area contributed by atoms with Crippen LogP contribution in [0.15, 0.2) is 73.1 Å². The minimum atomic E-state index is -0.142. The summed E-state index contributed by atoms with van der Waals surface area (Å²) in [6, 6.07) is 19.1. The molecule has 0 saturated heterocycles. The van der Waals surface area contributed by atoms with Crippen LogP contribution in [0.2, 0.25) is 0 Å². The minimum Gasteiger partial charge on any atom is -0.351 e. The zero-order valence-electron chi connectivity index (χ0n) is 17.6. The van der Waals surface area contributed by atoms with E-state index in [0.29, 0.717) is 6.54 Å². The van der Waals surface area contributed by atoms with Crippen LogP contribution in [0.25, 0.3) is 6.08 Å². The molecule has 2 aromatic carbocycles. The van der Waals surface area contributed by atoms with Gasteiger partial charge in [-0.15, -0.1) is 0 Å². The highest BCUT2D eigenvalue weighted by Gasteiger charge is 2.40. The molecule has 1 heterocycles. The van der Waals surface area contributed by atoms with Gasteiger partial charge in [-0.25, -0.2) is 0 Å². The Bertz CT molecular complexity index is 1010. The number of hydrogen-bond acceptors (Lipinski definition) is 3. The van der Waals surface area contributed by atoms with Crippen LogP contribution >= 0.6 is 0 Å². The van der Waals surface area contributed by atoms with E-state index < -0.39 is 0 Å². The SMILES string of the molecule is CN(Cc1ccccc1)C1(CNC(=O)C=Cc2cnn(C)c2)Cc2ccccc2C1. The van der Waals surface area contributed by atoms with Crippen LogP contribution in [-0.2, 0) is 31.2 Å². The fourth-order valence-electron chi connectivity index (χ4n) is 4.24. The maximum Gasteiger partial charge on any atom is 0.244 e. The van der Waals surface area contributed by atoms with Crippen LogP contribution < -0.4 is 5.32 Å². The van der Waals surface area contributed by atoms with Crippen molar-refractivity contribution < 1.29 is 4.79 Å². The van der Waals surface area contributed by atoms with Gasteiger partial charge < -0.3 is 5.32 Å². The Morgan fingerprint density at radius 3 is 2.43 bits per heavy atom. The zero-order chi connectivity index (χ0) is 21.0. The first kappa shape index (κ1) is 20.1. The first-order valence-electron chi connectivity index (χ1n) is 10.3. The third-order valence-electron chi connectivity index (χ3n) is 5.97. The van der Waals surface area contributed by atoms with Gasteiger partial charge in [0.15, 0.2) is 0 Å². The first-order valence-corrected chi connectivity index (χ1v) is 10.3. The molecule has 0 aliphatic heterocycles. The molecule has 1 aromatic heterocycles. The van der Waals surface area contributed by atoms with E-state index in [0.717, 1.165) is 24.9 Å². The molecule has 1 aliphatic rings. The van der Waals surface area contributed by atoms with Crippen molar-refractivity contribution in [1.82, 2.24) is 20.0 Å². The fraction of sp³-hybridized carbons (Fsp3) is 0.280. The van der Waals surface area contributed by atoms with E-state index in [1.54, 1.807) is 23.0 Å². The quantitative estimate of drug-likeness (QED) is 0.620. The average Bonchev–Trinajstić information content (AvgIpc) is 3.35. The van der Waals surface area contributed by atoms with E-state index in [1.807, 2.05) is 19.3 Å². The molecule has 0 bridgehead atoms. The Labute approximate surface area is 178 Å². The monoisotopic (exact) mass is 400 g/mol. The van der Waals surface area contributed by atoms with Gasteiger partial charge in [0.05, 0.1) is 6.20 Å². The summed E-state index contributed by atoms with van der Waals surface area (Å²) in [6.45, 7) is 1.44. The van der Waals surface area contributed by atoms with E-state index in [-0.39, 0.29) is 11.4 Å². The van der Waals surface area contributed by atoms with Gasteiger partial charge in [-0.3, -0.25) is 14.4 Å². The van der Waals surface area contributed by atoms with E-state index in [2.05, 4.69) is 70.9 Å². The van der Waals surface area contributed by atoms with Crippen LogP contribution in [0.4, 0.5) is 0 Å². The number of hydrogen-bond donors (Lipinski definition) is 1. The molecule has 0 unspecified atom stereocenters. The molecule has 0 atom stereocenters. The Hall–Kier alpha value is -3.18. The van der Waals surface area contributed by atoms with Gasteiger partial charge in [0, 0.05) is 43.5 Å². The molecule has 1 N–H and O–H groups in total. The van der Waals surface area contributed by atoms with Crippen molar-refractivity contribution in [3.63, 3.8) is 0 Å². The van der Waals surface area contributed by atoms with Crippen LogP contribution in [0.3, 0.4) is 0 Å². The normalized spacial score (nSPS) is 14.9. The van der Waals surface area contributed by atoms with Crippen LogP contribution in [0, 0.1) is 0 Å². The van der Waals surface area contributed by atoms with Gasteiger partial charge in [-0.05, 0) is 42.7 Å². The van der Waals surface area contributed by atoms with Gasteiger partial charge >= 0.3 is 0 Å². The summed E-state index contributed by atoms with van der Waals surface area (Å²) in [5.41, 5.74) is 4.79. The molecule has 0 fully saturated rings. The molecule has 1 amide bonds. The second-order valence-electron chi connectivity index (χ2n) is 8.19. The number of carbonyl (C=O) groups is 1. The summed E-state index contributed by atoms with van der Waals surface area (Å²) >= 11 is 0. The molecule has 154 valence electrons. The molecule has 0 spiro atoms. The lowest BCUT2D eigenvalue weighted by Crippen LogP contribution is -2.54. The minimum absolute atomic E-state index is 0.0812. The molecule has 5 heteroatoms. The molecular weight excluding hydrogens is 372 g/mol. The number of nitrogens with one attached hydrogen (secondary N) is 1. The molecule has 5 nitrogen and oxygen atoms in total. The predicted molar refractivity (Wildman–Crippen MR) is 120 cm³/mol. The lowest BCUT2D eigenvalue weighted by atomic mass is 9.92. The molecule has 4 rings (SSSR count). The second-order valence-corrected chi connectivity index (χ2v) is 8.19. The Kier molecular flexibility index (Phi) is 5.81. The lowest BCUT2D eigenvalue weighted by molar-refractivity contribution is -0.117. The molecular formula is C25H28N4O. The maximum absolute atomic E-state index is 12.5. The number of rotatable bonds is 7.